The van der Waals surface area contributed by atoms with E-state index in [1.54, 1.807) is 7.11 Å². The standard InChI is InChI=1S/C13H20N2O2/c1-9-10(7-8-17-9)15(2)11-5-4-6-12(16-3)13(11)14/h4-6,9-10H,7-8,14H2,1-3H3. The van der Waals surface area contributed by atoms with Crippen LogP contribution in [-0.4, -0.2) is 32.9 Å². The van der Waals surface area contributed by atoms with Crippen molar-refractivity contribution in [3.05, 3.63) is 18.2 Å². The maximum Gasteiger partial charge on any atom is 0.143 e. The Balaban J connectivity index is 2.27. The van der Waals surface area contributed by atoms with E-state index in [1.807, 2.05) is 18.2 Å². The van der Waals surface area contributed by atoms with Gasteiger partial charge in [0.1, 0.15) is 5.75 Å². The van der Waals surface area contributed by atoms with E-state index >= 15 is 0 Å². The van der Waals surface area contributed by atoms with Crippen LogP contribution in [0.2, 0.25) is 0 Å². The molecule has 94 valence electrons. The lowest BCUT2D eigenvalue weighted by Crippen LogP contribution is -2.37. The number of hydrogen-bond acceptors (Lipinski definition) is 4. The third-order valence-corrected chi connectivity index (χ3v) is 3.48. The van der Waals surface area contributed by atoms with E-state index in [0.717, 1.165) is 24.5 Å². The molecule has 2 N–H and O–H groups in total. The maximum absolute atomic E-state index is 6.10. The van der Waals surface area contributed by atoms with Gasteiger partial charge in [-0.1, -0.05) is 6.07 Å². The zero-order chi connectivity index (χ0) is 12.4. The number of rotatable bonds is 3. The van der Waals surface area contributed by atoms with Crippen LogP contribution in [0.1, 0.15) is 13.3 Å². The van der Waals surface area contributed by atoms with Gasteiger partial charge in [0, 0.05) is 13.7 Å². The van der Waals surface area contributed by atoms with Crippen LogP contribution < -0.4 is 15.4 Å². The second-order valence-electron chi connectivity index (χ2n) is 4.44. The third-order valence-electron chi connectivity index (χ3n) is 3.48. The molecule has 2 atom stereocenters. The van der Waals surface area contributed by atoms with Gasteiger partial charge in [0.15, 0.2) is 0 Å². The van der Waals surface area contributed by atoms with Gasteiger partial charge in [-0.2, -0.15) is 0 Å². The summed E-state index contributed by atoms with van der Waals surface area (Å²) in [5, 5.41) is 0. The first kappa shape index (κ1) is 12.0. The number of anilines is 2. The number of nitrogen functional groups attached to an aromatic ring is 1. The normalized spacial score (nSPS) is 23.7. The Kier molecular flexibility index (Phi) is 3.43. The Labute approximate surface area is 102 Å². The Morgan fingerprint density at radius 3 is 2.82 bits per heavy atom. The summed E-state index contributed by atoms with van der Waals surface area (Å²) >= 11 is 0. The lowest BCUT2D eigenvalue weighted by molar-refractivity contribution is 0.118. The molecule has 4 heteroatoms. The highest BCUT2D eigenvalue weighted by atomic mass is 16.5. The molecule has 1 saturated heterocycles. The molecule has 0 aliphatic carbocycles. The zero-order valence-electron chi connectivity index (χ0n) is 10.6. The summed E-state index contributed by atoms with van der Waals surface area (Å²) in [6, 6.07) is 6.23. The minimum Gasteiger partial charge on any atom is -0.495 e. The van der Waals surface area contributed by atoms with Crippen LogP contribution in [0.4, 0.5) is 11.4 Å². The predicted octanol–water partition coefficient (Wildman–Crippen LogP) is 1.89. The average molecular weight is 236 g/mol. The number of para-hydroxylation sites is 1. The van der Waals surface area contributed by atoms with E-state index < -0.39 is 0 Å². The van der Waals surface area contributed by atoms with Gasteiger partial charge >= 0.3 is 0 Å². The van der Waals surface area contributed by atoms with E-state index in [9.17, 15) is 0 Å². The summed E-state index contributed by atoms with van der Waals surface area (Å²) in [6.07, 6.45) is 1.28. The van der Waals surface area contributed by atoms with Crippen LogP contribution in [0.15, 0.2) is 18.2 Å². The lowest BCUT2D eigenvalue weighted by atomic mass is 10.1. The second-order valence-corrected chi connectivity index (χ2v) is 4.44. The molecule has 0 saturated carbocycles. The van der Waals surface area contributed by atoms with Gasteiger partial charge in [0.2, 0.25) is 0 Å². The van der Waals surface area contributed by atoms with Gasteiger partial charge in [0.05, 0.1) is 30.6 Å². The van der Waals surface area contributed by atoms with E-state index in [0.29, 0.717) is 11.7 Å². The molecule has 2 rings (SSSR count). The van der Waals surface area contributed by atoms with Crippen LogP contribution in [-0.2, 0) is 4.74 Å². The topological polar surface area (TPSA) is 47.7 Å². The molecule has 1 aromatic carbocycles. The molecule has 0 amide bonds. The number of hydrogen-bond donors (Lipinski definition) is 1. The Bertz CT molecular complexity index is 395. The fraction of sp³-hybridized carbons (Fsp3) is 0.538. The van der Waals surface area contributed by atoms with E-state index in [-0.39, 0.29) is 6.10 Å². The van der Waals surface area contributed by atoms with Gasteiger partial charge in [-0.05, 0) is 25.5 Å². The molecule has 1 aliphatic heterocycles. The van der Waals surface area contributed by atoms with Crippen molar-refractivity contribution in [2.45, 2.75) is 25.5 Å². The molecular formula is C13H20N2O2. The number of nitrogens with two attached hydrogens (primary N) is 1. The third kappa shape index (κ3) is 2.17. The molecule has 0 radical (unpaired) electrons. The van der Waals surface area contributed by atoms with Crippen LogP contribution in [0, 0.1) is 0 Å². The number of methoxy groups -OCH3 is 1. The minimum atomic E-state index is 0.241. The molecular weight excluding hydrogens is 216 g/mol. The Morgan fingerprint density at radius 1 is 1.47 bits per heavy atom. The SMILES string of the molecule is COc1cccc(N(C)C2CCOC2C)c1N. The van der Waals surface area contributed by atoms with Crippen molar-refractivity contribution in [3.8, 4) is 5.75 Å². The van der Waals surface area contributed by atoms with Gasteiger partial charge in [-0.3, -0.25) is 0 Å². The maximum atomic E-state index is 6.10. The highest BCUT2D eigenvalue weighted by Crippen LogP contribution is 2.34. The summed E-state index contributed by atoms with van der Waals surface area (Å²) in [7, 11) is 3.69. The van der Waals surface area contributed by atoms with Crippen LogP contribution in [0.3, 0.4) is 0 Å². The summed E-state index contributed by atoms with van der Waals surface area (Å²) < 4.78 is 10.8. The minimum absolute atomic E-state index is 0.241. The number of likely N-dealkylation sites (N-methyl/N-ethyl adjacent to an activating group) is 1. The van der Waals surface area contributed by atoms with Crippen molar-refractivity contribution < 1.29 is 9.47 Å². The van der Waals surface area contributed by atoms with Gasteiger partial charge in [0.25, 0.3) is 0 Å². The molecule has 1 aliphatic rings. The Morgan fingerprint density at radius 2 is 2.24 bits per heavy atom. The van der Waals surface area contributed by atoms with E-state index in [1.165, 1.54) is 0 Å². The van der Waals surface area contributed by atoms with Crippen molar-refractivity contribution in [3.63, 3.8) is 0 Å². The number of nitrogens with zero attached hydrogens (tertiary/aromatic N) is 1. The molecule has 0 aromatic heterocycles. The monoisotopic (exact) mass is 236 g/mol. The van der Waals surface area contributed by atoms with Crippen LogP contribution in [0.25, 0.3) is 0 Å². The van der Waals surface area contributed by atoms with E-state index in [2.05, 4.69) is 18.9 Å². The molecule has 1 heterocycles. The van der Waals surface area contributed by atoms with Crippen molar-refractivity contribution in [2.75, 3.05) is 31.4 Å². The fourth-order valence-electron chi connectivity index (χ4n) is 2.43. The molecule has 17 heavy (non-hydrogen) atoms. The molecule has 1 fully saturated rings. The van der Waals surface area contributed by atoms with Crippen LogP contribution >= 0.6 is 0 Å². The molecule has 0 bridgehead atoms. The molecule has 0 spiro atoms. The molecule has 2 unspecified atom stereocenters. The average Bonchev–Trinajstić information content (AvgIpc) is 2.75. The van der Waals surface area contributed by atoms with Crippen molar-refractivity contribution in [1.82, 2.24) is 0 Å². The summed E-state index contributed by atoms with van der Waals surface area (Å²) in [5.74, 6) is 0.723. The number of ether oxygens (including phenoxy) is 2. The summed E-state index contributed by atoms with van der Waals surface area (Å²) in [4.78, 5) is 2.19. The lowest BCUT2D eigenvalue weighted by Gasteiger charge is -2.30. The molecule has 1 aromatic rings. The van der Waals surface area contributed by atoms with Crippen molar-refractivity contribution in [1.29, 1.82) is 0 Å². The first-order chi connectivity index (χ1) is 8.15. The van der Waals surface area contributed by atoms with E-state index in [4.69, 9.17) is 15.2 Å². The van der Waals surface area contributed by atoms with Crippen LogP contribution in [0.5, 0.6) is 5.75 Å². The summed E-state index contributed by atoms with van der Waals surface area (Å²) in [6.45, 7) is 2.92. The Hall–Kier alpha value is -1.42. The summed E-state index contributed by atoms with van der Waals surface area (Å²) in [5.41, 5.74) is 7.80. The quantitative estimate of drug-likeness (QED) is 0.814. The fourth-order valence-corrected chi connectivity index (χ4v) is 2.43. The van der Waals surface area contributed by atoms with Gasteiger partial charge in [-0.15, -0.1) is 0 Å². The van der Waals surface area contributed by atoms with Crippen molar-refractivity contribution >= 4 is 11.4 Å². The second kappa shape index (κ2) is 4.84. The van der Waals surface area contributed by atoms with Crippen molar-refractivity contribution in [2.24, 2.45) is 0 Å². The first-order valence-corrected chi connectivity index (χ1v) is 5.92. The molecule has 4 nitrogen and oxygen atoms in total. The highest BCUT2D eigenvalue weighted by Gasteiger charge is 2.29. The zero-order valence-corrected chi connectivity index (χ0v) is 10.6. The number of benzene rings is 1. The smallest absolute Gasteiger partial charge is 0.143 e. The largest absolute Gasteiger partial charge is 0.495 e. The highest BCUT2D eigenvalue weighted by molar-refractivity contribution is 5.74. The first-order valence-electron chi connectivity index (χ1n) is 5.92. The predicted molar refractivity (Wildman–Crippen MR) is 69.6 cm³/mol. The van der Waals surface area contributed by atoms with Gasteiger partial charge < -0.3 is 20.1 Å². The van der Waals surface area contributed by atoms with Gasteiger partial charge in [-0.25, -0.2) is 0 Å².